The number of pyridine rings is 1. The van der Waals surface area contributed by atoms with Crippen molar-refractivity contribution in [1.82, 2.24) is 9.47 Å². The summed E-state index contributed by atoms with van der Waals surface area (Å²) in [5, 5.41) is 1.62. The van der Waals surface area contributed by atoms with Crippen molar-refractivity contribution >= 4 is 34.3 Å². The van der Waals surface area contributed by atoms with Crippen LogP contribution in [0.2, 0.25) is 0 Å². The first kappa shape index (κ1) is 20.2. The van der Waals surface area contributed by atoms with Gasteiger partial charge in [0.15, 0.2) is 0 Å². The third kappa shape index (κ3) is 3.62. The van der Waals surface area contributed by atoms with Crippen molar-refractivity contribution in [2.24, 2.45) is 10.7 Å². The zero-order valence-electron chi connectivity index (χ0n) is 18.2. The Kier molecular flexibility index (Phi) is 5.13. The molecular formula is C26H26N4O2. The lowest BCUT2D eigenvalue weighted by Crippen LogP contribution is -2.30. The number of aromatic nitrogens is 1. The van der Waals surface area contributed by atoms with Crippen molar-refractivity contribution < 1.29 is 4.79 Å². The van der Waals surface area contributed by atoms with Crippen molar-refractivity contribution in [3.8, 4) is 11.1 Å². The molecule has 32 heavy (non-hydrogen) atoms. The first-order valence-corrected chi connectivity index (χ1v) is 11.1. The van der Waals surface area contributed by atoms with E-state index in [0.717, 1.165) is 53.7 Å². The van der Waals surface area contributed by atoms with Crippen LogP contribution in [0.15, 0.2) is 64.0 Å². The monoisotopic (exact) mass is 426 g/mol. The van der Waals surface area contributed by atoms with Gasteiger partial charge < -0.3 is 15.2 Å². The highest BCUT2D eigenvalue weighted by atomic mass is 16.2. The Bertz CT molecular complexity index is 1340. The van der Waals surface area contributed by atoms with E-state index in [2.05, 4.69) is 4.99 Å². The fraction of sp³-hybridized carbons (Fsp3) is 0.269. The lowest BCUT2D eigenvalue weighted by Gasteiger charge is -2.17. The summed E-state index contributed by atoms with van der Waals surface area (Å²) < 4.78 is 1.70. The summed E-state index contributed by atoms with van der Waals surface area (Å²) in [5.41, 5.74) is 10.5. The van der Waals surface area contributed by atoms with Gasteiger partial charge in [-0.15, -0.1) is 0 Å². The van der Waals surface area contributed by atoms with Crippen LogP contribution in [-0.2, 0) is 11.3 Å². The van der Waals surface area contributed by atoms with Gasteiger partial charge in [0.05, 0.1) is 5.69 Å². The van der Waals surface area contributed by atoms with Crippen molar-refractivity contribution in [2.45, 2.75) is 32.7 Å². The maximum Gasteiger partial charge on any atom is 0.258 e. The molecule has 162 valence electrons. The topological polar surface area (TPSA) is 80.7 Å². The first-order chi connectivity index (χ1) is 15.5. The molecule has 6 heteroatoms. The minimum atomic E-state index is 0.0242. The number of amidine groups is 1. The lowest BCUT2D eigenvalue weighted by molar-refractivity contribution is -0.126. The molecule has 2 aromatic carbocycles. The summed E-state index contributed by atoms with van der Waals surface area (Å²) in [6, 6.07) is 13.9. The highest BCUT2D eigenvalue weighted by Gasteiger charge is 2.23. The third-order valence-electron chi connectivity index (χ3n) is 6.31. The van der Waals surface area contributed by atoms with E-state index >= 15 is 0 Å². The van der Waals surface area contributed by atoms with E-state index in [0.29, 0.717) is 29.8 Å². The number of hydrogen-bond acceptors (Lipinski definition) is 4. The van der Waals surface area contributed by atoms with Gasteiger partial charge in [-0.3, -0.25) is 9.59 Å². The molecule has 1 saturated heterocycles. The molecule has 2 aliphatic heterocycles. The van der Waals surface area contributed by atoms with E-state index < -0.39 is 0 Å². The molecular weight excluding hydrogens is 400 g/mol. The Morgan fingerprint density at radius 2 is 1.81 bits per heavy atom. The Morgan fingerprint density at radius 1 is 1.06 bits per heavy atom. The highest BCUT2D eigenvalue weighted by Crippen LogP contribution is 2.33. The summed E-state index contributed by atoms with van der Waals surface area (Å²) in [5.74, 6) is 0.503. The van der Waals surface area contributed by atoms with Crippen molar-refractivity contribution in [1.29, 1.82) is 0 Å². The van der Waals surface area contributed by atoms with E-state index in [1.807, 2.05) is 66.6 Å². The molecule has 0 saturated carbocycles. The largest absolute Gasteiger partial charge is 0.387 e. The number of benzene rings is 2. The zero-order valence-corrected chi connectivity index (χ0v) is 18.2. The smallest absolute Gasteiger partial charge is 0.258 e. The Balaban J connectivity index is 1.53. The molecule has 0 aliphatic carbocycles. The van der Waals surface area contributed by atoms with Gasteiger partial charge in [0.25, 0.3) is 5.56 Å². The quantitative estimate of drug-likeness (QED) is 0.685. The Labute approximate surface area is 186 Å². The molecule has 0 atom stereocenters. The van der Waals surface area contributed by atoms with Crippen LogP contribution in [0.3, 0.4) is 0 Å². The van der Waals surface area contributed by atoms with Crippen LogP contribution in [-0.4, -0.2) is 34.3 Å². The molecule has 5 rings (SSSR count). The number of rotatable bonds is 3. The van der Waals surface area contributed by atoms with Crippen LogP contribution in [0.4, 0.5) is 5.69 Å². The molecule has 1 aromatic heterocycles. The predicted molar refractivity (Wildman–Crippen MR) is 129 cm³/mol. The number of nitrogens with zero attached hydrogens (tertiary/aromatic N) is 3. The highest BCUT2D eigenvalue weighted by molar-refractivity contribution is 6.05. The number of aryl methyl sites for hydroxylation is 1. The van der Waals surface area contributed by atoms with Crippen LogP contribution in [0.1, 0.15) is 31.7 Å². The van der Waals surface area contributed by atoms with Gasteiger partial charge in [0.2, 0.25) is 5.91 Å². The summed E-state index contributed by atoms with van der Waals surface area (Å²) in [6.45, 7) is 4.23. The van der Waals surface area contributed by atoms with Crippen LogP contribution < -0.4 is 11.3 Å². The van der Waals surface area contributed by atoms with Gasteiger partial charge in [0, 0.05) is 48.8 Å². The number of amides is 1. The van der Waals surface area contributed by atoms with Crippen molar-refractivity contribution in [3.05, 3.63) is 70.2 Å². The first-order valence-electron chi connectivity index (χ1n) is 11.1. The van der Waals surface area contributed by atoms with Crippen molar-refractivity contribution in [2.75, 3.05) is 13.1 Å². The summed E-state index contributed by atoms with van der Waals surface area (Å²) >= 11 is 0. The molecule has 0 unspecified atom stereocenters. The number of likely N-dealkylation sites (tertiary alicyclic amines) is 1. The number of hydrogen-bond donors (Lipinski definition) is 1. The number of carbonyl (C=O) groups excluding carboxylic acids is 1. The molecule has 1 fully saturated rings. The van der Waals surface area contributed by atoms with E-state index in [1.54, 1.807) is 4.57 Å². The normalized spacial score (nSPS) is 15.8. The van der Waals surface area contributed by atoms with E-state index in [-0.39, 0.29) is 11.5 Å². The molecule has 3 aromatic rings. The number of fused-ring (bicyclic) bond motifs is 2. The van der Waals surface area contributed by atoms with E-state index in [9.17, 15) is 9.59 Å². The second kappa shape index (κ2) is 8.11. The minimum Gasteiger partial charge on any atom is -0.387 e. The van der Waals surface area contributed by atoms with Crippen LogP contribution in [0.5, 0.6) is 0 Å². The Morgan fingerprint density at radius 3 is 2.59 bits per heavy atom. The second-order valence-corrected chi connectivity index (χ2v) is 8.43. The van der Waals surface area contributed by atoms with Gasteiger partial charge in [-0.2, -0.15) is 0 Å². The molecule has 2 aliphatic rings. The predicted octanol–water partition coefficient (Wildman–Crippen LogP) is 4.09. The van der Waals surface area contributed by atoms with E-state index in [1.165, 1.54) is 0 Å². The van der Waals surface area contributed by atoms with Crippen LogP contribution in [0.25, 0.3) is 28.0 Å². The minimum absolute atomic E-state index is 0.0242. The number of carbonyl (C=O) groups is 1. The molecule has 3 heterocycles. The fourth-order valence-electron chi connectivity index (χ4n) is 4.55. The van der Waals surface area contributed by atoms with Crippen LogP contribution >= 0.6 is 0 Å². The third-order valence-corrected chi connectivity index (χ3v) is 6.31. The number of nitrogens with two attached hydrogens (primary N) is 1. The zero-order chi connectivity index (χ0) is 22.2. The van der Waals surface area contributed by atoms with Gasteiger partial charge in [-0.1, -0.05) is 18.2 Å². The van der Waals surface area contributed by atoms with E-state index in [4.69, 9.17) is 5.73 Å². The van der Waals surface area contributed by atoms with Crippen molar-refractivity contribution in [3.63, 3.8) is 0 Å². The van der Waals surface area contributed by atoms with Gasteiger partial charge >= 0.3 is 0 Å². The summed E-state index contributed by atoms with van der Waals surface area (Å²) in [4.78, 5) is 32.0. The van der Waals surface area contributed by atoms with Gasteiger partial charge in [-0.05, 0) is 66.6 Å². The summed E-state index contributed by atoms with van der Waals surface area (Å²) in [6.07, 6.45) is 6.23. The van der Waals surface area contributed by atoms with Gasteiger partial charge in [-0.25, -0.2) is 4.99 Å². The average Bonchev–Trinajstić information content (AvgIpc) is 3.28. The fourth-order valence-corrected chi connectivity index (χ4v) is 4.55. The maximum absolute atomic E-state index is 12.9. The number of aliphatic imine (C=N–C) groups is 1. The maximum atomic E-state index is 12.9. The van der Waals surface area contributed by atoms with Crippen LogP contribution in [0, 0.1) is 0 Å². The average molecular weight is 427 g/mol. The molecule has 0 spiro atoms. The standard InChI is InChI=1S/C26H26N4O2/c1-2-29-12-9-19-13-17(7-8-22(19)26(29)32)18-5-6-20-14-21(16-24(27)28-23(20)15-18)25(31)30-10-3-4-11-30/h5-9,12-15H,2-4,10-11,16H2,1H3,(H2,27,28). The molecule has 1 amide bonds. The molecule has 0 radical (unpaired) electrons. The SMILES string of the molecule is CCn1ccc2cc(-c3ccc4c(c3)N=C(N)CC(C(=O)N3CCCC3)=C4)ccc2c1=O. The summed E-state index contributed by atoms with van der Waals surface area (Å²) in [7, 11) is 0. The van der Waals surface area contributed by atoms with Gasteiger partial charge in [0.1, 0.15) is 5.84 Å². The Hall–Kier alpha value is -3.67. The lowest BCUT2D eigenvalue weighted by atomic mass is 9.99. The molecule has 2 N–H and O–H groups in total. The molecule has 0 bridgehead atoms. The molecule has 6 nitrogen and oxygen atoms in total. The second-order valence-electron chi connectivity index (χ2n) is 8.43.